The number of carbonyl (C=O) groups is 4. The first-order valence-electron chi connectivity index (χ1n) is 8.06. The van der Waals surface area contributed by atoms with Crippen LogP contribution in [0.5, 0.6) is 0 Å². The molecule has 3 unspecified atom stereocenters. The number of hydrogen-bond donors (Lipinski definition) is 5. The molecule has 6 N–H and O–H groups in total. The van der Waals surface area contributed by atoms with E-state index in [0.29, 0.717) is 12.8 Å². The van der Waals surface area contributed by atoms with Crippen molar-refractivity contribution in [3.63, 3.8) is 0 Å². The molecule has 0 aliphatic carbocycles. The fourth-order valence-corrected chi connectivity index (χ4v) is 2.56. The average molecular weight is 342 g/mol. The Labute approximate surface area is 140 Å². The SMILES string of the molecule is CC(C)CC(NC(=O)C1CCCN1)C(=O)NC(CC(N)=O)C(=O)O. The molecule has 0 saturated carbocycles. The lowest BCUT2D eigenvalue weighted by Crippen LogP contribution is -2.55. The zero-order valence-electron chi connectivity index (χ0n) is 14.0. The van der Waals surface area contributed by atoms with Crippen LogP contribution in [0.3, 0.4) is 0 Å². The third-order valence-corrected chi connectivity index (χ3v) is 3.74. The average Bonchev–Trinajstić information content (AvgIpc) is 2.98. The van der Waals surface area contributed by atoms with E-state index in [1.54, 1.807) is 0 Å². The highest BCUT2D eigenvalue weighted by Gasteiger charge is 2.30. The molecule has 3 amide bonds. The predicted molar refractivity (Wildman–Crippen MR) is 85.8 cm³/mol. The Balaban J connectivity index is 2.73. The number of carboxylic acid groups (broad SMARTS) is 1. The number of primary amides is 1. The molecule has 1 rings (SSSR count). The van der Waals surface area contributed by atoms with Crippen molar-refractivity contribution in [3.8, 4) is 0 Å². The molecule has 136 valence electrons. The number of amides is 3. The highest BCUT2D eigenvalue weighted by Crippen LogP contribution is 2.09. The Kier molecular flexibility index (Phi) is 7.63. The largest absolute Gasteiger partial charge is 0.480 e. The summed E-state index contributed by atoms with van der Waals surface area (Å²) in [5.74, 6) is -2.99. The topological polar surface area (TPSA) is 151 Å². The number of nitrogens with two attached hydrogens (primary N) is 1. The summed E-state index contributed by atoms with van der Waals surface area (Å²) in [6, 6.07) is -2.62. The second-order valence-electron chi connectivity index (χ2n) is 6.41. The van der Waals surface area contributed by atoms with Gasteiger partial charge in [-0.15, -0.1) is 0 Å². The van der Waals surface area contributed by atoms with Gasteiger partial charge < -0.3 is 26.8 Å². The first kappa shape index (κ1) is 19.9. The van der Waals surface area contributed by atoms with E-state index in [9.17, 15) is 19.2 Å². The van der Waals surface area contributed by atoms with Crippen molar-refractivity contribution in [2.75, 3.05) is 6.54 Å². The van der Waals surface area contributed by atoms with Crippen LogP contribution in [0.15, 0.2) is 0 Å². The third kappa shape index (κ3) is 6.53. The minimum Gasteiger partial charge on any atom is -0.480 e. The molecule has 1 fully saturated rings. The maximum atomic E-state index is 12.4. The molecule has 0 aromatic rings. The molecule has 1 aliphatic rings. The Morgan fingerprint density at radius 2 is 1.88 bits per heavy atom. The Morgan fingerprint density at radius 1 is 1.21 bits per heavy atom. The van der Waals surface area contributed by atoms with Crippen molar-refractivity contribution < 1.29 is 24.3 Å². The van der Waals surface area contributed by atoms with Gasteiger partial charge in [-0.05, 0) is 31.7 Å². The first-order valence-corrected chi connectivity index (χ1v) is 8.06. The van der Waals surface area contributed by atoms with Crippen LogP contribution in [0.4, 0.5) is 0 Å². The second-order valence-corrected chi connectivity index (χ2v) is 6.41. The van der Waals surface area contributed by atoms with Gasteiger partial charge in [0.2, 0.25) is 17.7 Å². The van der Waals surface area contributed by atoms with Crippen LogP contribution in [-0.4, -0.2) is 53.5 Å². The third-order valence-electron chi connectivity index (χ3n) is 3.74. The van der Waals surface area contributed by atoms with E-state index in [1.165, 1.54) is 0 Å². The van der Waals surface area contributed by atoms with E-state index in [4.69, 9.17) is 10.8 Å². The maximum Gasteiger partial charge on any atom is 0.326 e. The summed E-state index contributed by atoms with van der Waals surface area (Å²) in [4.78, 5) is 46.6. The lowest BCUT2D eigenvalue weighted by Gasteiger charge is -2.23. The molecule has 0 aromatic heterocycles. The monoisotopic (exact) mass is 342 g/mol. The maximum absolute atomic E-state index is 12.4. The van der Waals surface area contributed by atoms with Crippen LogP contribution < -0.4 is 21.7 Å². The highest BCUT2D eigenvalue weighted by molar-refractivity contribution is 5.93. The number of carbonyl (C=O) groups excluding carboxylic acids is 3. The minimum atomic E-state index is -1.41. The van der Waals surface area contributed by atoms with Crippen LogP contribution in [0.1, 0.15) is 39.5 Å². The van der Waals surface area contributed by atoms with Gasteiger partial charge >= 0.3 is 5.97 Å². The number of hydrogen-bond acceptors (Lipinski definition) is 5. The molecule has 1 saturated heterocycles. The highest BCUT2D eigenvalue weighted by atomic mass is 16.4. The molecule has 1 aliphatic heterocycles. The Morgan fingerprint density at radius 3 is 2.33 bits per heavy atom. The summed E-state index contributed by atoms with van der Waals surface area (Å²) in [6.07, 6.45) is 1.43. The molecule has 9 heteroatoms. The van der Waals surface area contributed by atoms with Crippen molar-refractivity contribution >= 4 is 23.7 Å². The zero-order valence-corrected chi connectivity index (χ0v) is 14.0. The molecule has 9 nitrogen and oxygen atoms in total. The number of aliphatic carboxylic acids is 1. The minimum absolute atomic E-state index is 0.108. The molecular formula is C15H26N4O5. The Bertz CT molecular complexity index is 488. The van der Waals surface area contributed by atoms with Gasteiger partial charge in [-0.2, -0.15) is 0 Å². The molecule has 0 aromatic carbocycles. The van der Waals surface area contributed by atoms with Crippen molar-refractivity contribution in [2.24, 2.45) is 11.7 Å². The number of carboxylic acids is 1. The summed E-state index contributed by atoms with van der Waals surface area (Å²) in [5.41, 5.74) is 5.00. The van der Waals surface area contributed by atoms with Gasteiger partial charge in [0.05, 0.1) is 12.5 Å². The van der Waals surface area contributed by atoms with Gasteiger partial charge in [-0.3, -0.25) is 14.4 Å². The molecule has 0 bridgehead atoms. The molecule has 1 heterocycles. The van der Waals surface area contributed by atoms with E-state index in [0.717, 1.165) is 13.0 Å². The van der Waals surface area contributed by atoms with Crippen LogP contribution >= 0.6 is 0 Å². The van der Waals surface area contributed by atoms with Crippen molar-refractivity contribution in [1.29, 1.82) is 0 Å². The summed E-state index contributed by atoms with van der Waals surface area (Å²) in [5, 5.41) is 17.0. The molecule has 0 spiro atoms. The van der Waals surface area contributed by atoms with Crippen LogP contribution in [0, 0.1) is 5.92 Å². The van der Waals surface area contributed by atoms with Gasteiger partial charge in [0.15, 0.2) is 0 Å². The van der Waals surface area contributed by atoms with Crippen LogP contribution in [0.25, 0.3) is 0 Å². The fraction of sp³-hybridized carbons (Fsp3) is 0.733. The van der Waals surface area contributed by atoms with Crippen molar-refractivity contribution in [2.45, 2.75) is 57.7 Å². The standard InChI is InChI=1S/C15H26N4O5/c1-8(2)6-10(18-13(21)9-4-3-5-17-9)14(22)19-11(15(23)24)7-12(16)20/h8-11,17H,3-7H2,1-2H3,(H2,16,20)(H,18,21)(H,19,22)(H,23,24). The summed E-state index contributed by atoms with van der Waals surface area (Å²) in [7, 11) is 0. The molecule has 24 heavy (non-hydrogen) atoms. The van der Waals surface area contributed by atoms with E-state index in [-0.39, 0.29) is 17.9 Å². The van der Waals surface area contributed by atoms with Crippen molar-refractivity contribution in [3.05, 3.63) is 0 Å². The number of nitrogens with one attached hydrogen (secondary N) is 3. The quantitative estimate of drug-likeness (QED) is 0.352. The molecular weight excluding hydrogens is 316 g/mol. The smallest absolute Gasteiger partial charge is 0.326 e. The summed E-state index contributed by atoms with van der Waals surface area (Å²) >= 11 is 0. The summed E-state index contributed by atoms with van der Waals surface area (Å²) < 4.78 is 0. The van der Waals surface area contributed by atoms with Gasteiger partial charge in [-0.25, -0.2) is 4.79 Å². The van der Waals surface area contributed by atoms with Gasteiger partial charge in [0, 0.05) is 0 Å². The van der Waals surface area contributed by atoms with E-state index in [2.05, 4.69) is 16.0 Å². The van der Waals surface area contributed by atoms with E-state index < -0.39 is 36.3 Å². The van der Waals surface area contributed by atoms with Crippen LogP contribution in [-0.2, 0) is 19.2 Å². The number of rotatable bonds is 9. The van der Waals surface area contributed by atoms with Gasteiger partial charge in [0.1, 0.15) is 12.1 Å². The summed E-state index contributed by atoms with van der Waals surface area (Å²) in [6.45, 7) is 4.52. The zero-order chi connectivity index (χ0) is 18.3. The normalized spacial score (nSPS) is 19.5. The lowest BCUT2D eigenvalue weighted by molar-refractivity contribution is -0.143. The van der Waals surface area contributed by atoms with Crippen LogP contribution in [0.2, 0.25) is 0 Å². The second kappa shape index (κ2) is 9.21. The van der Waals surface area contributed by atoms with Gasteiger partial charge in [-0.1, -0.05) is 13.8 Å². The molecule has 3 atom stereocenters. The predicted octanol–water partition coefficient (Wildman–Crippen LogP) is -1.29. The van der Waals surface area contributed by atoms with Gasteiger partial charge in [0.25, 0.3) is 0 Å². The molecule has 0 radical (unpaired) electrons. The van der Waals surface area contributed by atoms with Crippen molar-refractivity contribution in [1.82, 2.24) is 16.0 Å². The van der Waals surface area contributed by atoms with E-state index >= 15 is 0 Å². The first-order chi connectivity index (χ1) is 11.2. The fourth-order valence-electron chi connectivity index (χ4n) is 2.56. The lowest BCUT2D eigenvalue weighted by atomic mass is 10.0. The van der Waals surface area contributed by atoms with E-state index in [1.807, 2.05) is 13.8 Å². The Hall–Kier alpha value is -2.16.